The minimum absolute atomic E-state index is 0.215. The van der Waals surface area contributed by atoms with Gasteiger partial charge in [-0.15, -0.1) is 0 Å². The van der Waals surface area contributed by atoms with E-state index in [1.165, 1.54) is 7.11 Å². The highest BCUT2D eigenvalue weighted by atomic mass is 16.5. The number of ether oxygens (including phenoxy) is 2. The number of benzene rings is 1. The maximum atomic E-state index is 12.1. The quantitative estimate of drug-likeness (QED) is 0.769. The van der Waals surface area contributed by atoms with E-state index in [0.29, 0.717) is 6.42 Å². The van der Waals surface area contributed by atoms with Gasteiger partial charge in [-0.25, -0.2) is 4.79 Å². The van der Waals surface area contributed by atoms with Crippen LogP contribution in [0.25, 0.3) is 0 Å². The van der Waals surface area contributed by atoms with Gasteiger partial charge < -0.3 is 14.8 Å². The number of anilines is 1. The third-order valence-corrected chi connectivity index (χ3v) is 3.33. The van der Waals surface area contributed by atoms with Crippen LogP contribution in [0.1, 0.15) is 33.1 Å². The first kappa shape index (κ1) is 15.3. The van der Waals surface area contributed by atoms with E-state index in [1.807, 2.05) is 31.2 Å². The fourth-order valence-electron chi connectivity index (χ4n) is 2.20. The van der Waals surface area contributed by atoms with Gasteiger partial charge in [0.05, 0.1) is 14.2 Å². The fourth-order valence-corrected chi connectivity index (χ4v) is 2.20. The lowest BCUT2D eigenvalue weighted by atomic mass is 9.90. The predicted molar refractivity (Wildman–Crippen MR) is 76.6 cm³/mol. The van der Waals surface area contributed by atoms with Gasteiger partial charge in [0.25, 0.3) is 0 Å². The Bertz CT molecular complexity index is 402. The highest BCUT2D eigenvalue weighted by molar-refractivity contribution is 5.84. The molecule has 0 aliphatic heterocycles. The molecule has 0 aromatic heterocycles. The van der Waals surface area contributed by atoms with Crippen LogP contribution >= 0.6 is 0 Å². The summed E-state index contributed by atoms with van der Waals surface area (Å²) in [6.45, 7) is 4.05. The first-order chi connectivity index (χ1) is 9.11. The molecule has 0 aliphatic carbocycles. The lowest BCUT2D eigenvalue weighted by molar-refractivity contribution is -0.146. The van der Waals surface area contributed by atoms with E-state index in [4.69, 9.17) is 9.47 Å². The summed E-state index contributed by atoms with van der Waals surface area (Å²) in [5.41, 5.74) is 0.236. The van der Waals surface area contributed by atoms with E-state index in [-0.39, 0.29) is 5.97 Å². The maximum Gasteiger partial charge on any atom is 0.331 e. The predicted octanol–water partition coefficient (Wildman–Crippen LogP) is 3.23. The lowest BCUT2D eigenvalue weighted by Gasteiger charge is -2.31. The number of hydrogen-bond donors (Lipinski definition) is 1. The third-order valence-electron chi connectivity index (χ3n) is 3.33. The Balaban J connectivity index is 2.95. The van der Waals surface area contributed by atoms with Crippen molar-refractivity contribution >= 4 is 11.7 Å². The van der Waals surface area contributed by atoms with Crippen molar-refractivity contribution in [1.29, 1.82) is 0 Å². The van der Waals surface area contributed by atoms with Gasteiger partial charge in [0.1, 0.15) is 11.3 Å². The summed E-state index contributed by atoms with van der Waals surface area (Å²) < 4.78 is 10.1. The van der Waals surface area contributed by atoms with Gasteiger partial charge in [0.2, 0.25) is 0 Å². The van der Waals surface area contributed by atoms with E-state index in [2.05, 4.69) is 12.2 Å². The van der Waals surface area contributed by atoms with Crippen molar-refractivity contribution in [3.8, 4) is 5.75 Å². The molecule has 1 unspecified atom stereocenters. The number of esters is 1. The van der Waals surface area contributed by atoms with E-state index >= 15 is 0 Å². The van der Waals surface area contributed by atoms with E-state index in [9.17, 15) is 4.79 Å². The smallest absolute Gasteiger partial charge is 0.331 e. The molecule has 1 N–H and O–H groups in total. The third kappa shape index (κ3) is 3.63. The molecule has 1 aromatic rings. The molecule has 1 aromatic carbocycles. The Kier molecular flexibility index (Phi) is 5.67. The number of rotatable bonds is 7. The van der Waals surface area contributed by atoms with Crippen LogP contribution in [0.5, 0.6) is 5.75 Å². The molecule has 0 heterocycles. The van der Waals surface area contributed by atoms with Crippen LogP contribution in [-0.2, 0) is 9.53 Å². The SMILES string of the molecule is CCCC(CC)(Nc1ccc(OC)cc1)C(=O)OC. The topological polar surface area (TPSA) is 47.6 Å². The summed E-state index contributed by atoms with van der Waals surface area (Å²) >= 11 is 0. The Morgan fingerprint density at radius 3 is 2.26 bits per heavy atom. The molecule has 1 atom stereocenters. The number of carbonyl (C=O) groups is 1. The van der Waals surface area contributed by atoms with Crippen molar-refractivity contribution < 1.29 is 14.3 Å². The molecule has 0 fully saturated rings. The second-order valence-electron chi connectivity index (χ2n) is 4.53. The zero-order chi connectivity index (χ0) is 14.3. The molecule has 1 rings (SSSR count). The van der Waals surface area contributed by atoms with Crippen molar-refractivity contribution in [3.63, 3.8) is 0 Å². The molecule has 4 nitrogen and oxygen atoms in total. The van der Waals surface area contributed by atoms with Gasteiger partial charge in [-0.05, 0) is 37.1 Å². The van der Waals surface area contributed by atoms with Crippen molar-refractivity contribution in [2.24, 2.45) is 0 Å². The summed E-state index contributed by atoms with van der Waals surface area (Å²) in [5.74, 6) is 0.578. The van der Waals surface area contributed by atoms with Gasteiger partial charge in [0, 0.05) is 5.69 Å². The van der Waals surface area contributed by atoms with Crippen molar-refractivity contribution in [1.82, 2.24) is 0 Å². The van der Waals surface area contributed by atoms with Gasteiger partial charge in [0.15, 0.2) is 0 Å². The van der Waals surface area contributed by atoms with Crippen LogP contribution in [-0.4, -0.2) is 25.7 Å². The zero-order valence-electron chi connectivity index (χ0n) is 12.2. The summed E-state index contributed by atoms with van der Waals surface area (Å²) in [6, 6.07) is 7.54. The van der Waals surface area contributed by atoms with Crippen LogP contribution < -0.4 is 10.1 Å². The maximum absolute atomic E-state index is 12.1. The van der Waals surface area contributed by atoms with E-state index < -0.39 is 5.54 Å². The molecular weight excluding hydrogens is 242 g/mol. The molecule has 0 spiro atoms. The van der Waals surface area contributed by atoms with Crippen LogP contribution in [0.2, 0.25) is 0 Å². The Hall–Kier alpha value is -1.71. The first-order valence-corrected chi connectivity index (χ1v) is 6.62. The number of hydrogen-bond acceptors (Lipinski definition) is 4. The van der Waals surface area contributed by atoms with Crippen molar-refractivity contribution in [3.05, 3.63) is 24.3 Å². The number of carbonyl (C=O) groups excluding carboxylic acids is 1. The molecule has 0 bridgehead atoms. The summed E-state index contributed by atoms with van der Waals surface area (Å²) in [6.07, 6.45) is 2.33. The average Bonchev–Trinajstić information content (AvgIpc) is 2.46. The van der Waals surface area contributed by atoms with E-state index in [0.717, 1.165) is 24.3 Å². The number of methoxy groups -OCH3 is 2. The molecule has 4 heteroatoms. The van der Waals surface area contributed by atoms with Crippen molar-refractivity contribution in [2.45, 2.75) is 38.6 Å². The van der Waals surface area contributed by atoms with Gasteiger partial charge in [-0.3, -0.25) is 0 Å². The van der Waals surface area contributed by atoms with Crippen LogP contribution in [0, 0.1) is 0 Å². The highest BCUT2D eigenvalue weighted by Gasteiger charge is 2.36. The second-order valence-corrected chi connectivity index (χ2v) is 4.53. The highest BCUT2D eigenvalue weighted by Crippen LogP contribution is 2.26. The summed E-state index contributed by atoms with van der Waals surface area (Å²) in [5, 5.41) is 3.32. The van der Waals surface area contributed by atoms with Gasteiger partial charge >= 0.3 is 5.97 Å². The number of nitrogens with one attached hydrogen (secondary N) is 1. The van der Waals surface area contributed by atoms with Gasteiger partial charge in [-0.2, -0.15) is 0 Å². The molecule has 106 valence electrons. The largest absolute Gasteiger partial charge is 0.497 e. The molecule has 0 saturated heterocycles. The molecule has 0 amide bonds. The zero-order valence-corrected chi connectivity index (χ0v) is 12.2. The summed E-state index contributed by atoms with van der Waals surface area (Å²) in [4.78, 5) is 12.1. The van der Waals surface area contributed by atoms with Crippen LogP contribution in [0.3, 0.4) is 0 Å². The Morgan fingerprint density at radius 2 is 1.84 bits per heavy atom. The van der Waals surface area contributed by atoms with E-state index in [1.54, 1.807) is 7.11 Å². The fraction of sp³-hybridized carbons (Fsp3) is 0.533. The molecule has 19 heavy (non-hydrogen) atoms. The lowest BCUT2D eigenvalue weighted by Crippen LogP contribution is -2.46. The second kappa shape index (κ2) is 7.02. The molecule has 0 aliphatic rings. The molecule has 0 saturated carbocycles. The van der Waals surface area contributed by atoms with Crippen LogP contribution in [0.4, 0.5) is 5.69 Å². The Labute approximate surface area is 115 Å². The van der Waals surface area contributed by atoms with Crippen molar-refractivity contribution in [2.75, 3.05) is 19.5 Å². The molecular formula is C15H23NO3. The normalized spacial score (nSPS) is 13.5. The summed E-state index contributed by atoms with van der Waals surface area (Å²) in [7, 11) is 3.06. The first-order valence-electron chi connectivity index (χ1n) is 6.62. The van der Waals surface area contributed by atoms with Crippen LogP contribution in [0.15, 0.2) is 24.3 Å². The average molecular weight is 265 g/mol. The molecule has 0 radical (unpaired) electrons. The standard InChI is InChI=1S/C15H23NO3/c1-5-11-15(6-2,14(17)19-4)16-12-7-9-13(18-3)10-8-12/h7-10,16H,5-6,11H2,1-4H3. The minimum atomic E-state index is -0.655. The monoisotopic (exact) mass is 265 g/mol. The van der Waals surface area contributed by atoms with Gasteiger partial charge in [-0.1, -0.05) is 20.3 Å². The Morgan fingerprint density at radius 1 is 1.21 bits per heavy atom. The minimum Gasteiger partial charge on any atom is -0.497 e.